The van der Waals surface area contributed by atoms with Crippen LogP contribution in [-0.4, -0.2) is 31.1 Å². The molecule has 2 fully saturated rings. The summed E-state index contributed by atoms with van der Waals surface area (Å²) in [5.74, 6) is 0.693. The van der Waals surface area contributed by atoms with Crippen molar-refractivity contribution in [2.75, 3.05) is 19.6 Å². The Kier molecular flexibility index (Phi) is 2.74. The van der Waals surface area contributed by atoms with E-state index < -0.39 is 5.54 Å². The zero-order chi connectivity index (χ0) is 10.0. The van der Waals surface area contributed by atoms with E-state index in [1.165, 1.54) is 0 Å². The van der Waals surface area contributed by atoms with Gasteiger partial charge in [0.15, 0.2) is 0 Å². The Labute approximate surface area is 84.6 Å². The van der Waals surface area contributed by atoms with Crippen LogP contribution >= 0.6 is 0 Å². The van der Waals surface area contributed by atoms with Crippen molar-refractivity contribution in [2.24, 2.45) is 11.7 Å². The summed E-state index contributed by atoms with van der Waals surface area (Å²) in [5.41, 5.74) is 5.27. The van der Waals surface area contributed by atoms with Gasteiger partial charge in [-0.05, 0) is 44.7 Å². The summed E-state index contributed by atoms with van der Waals surface area (Å²) in [5, 5.41) is 6.27. The van der Waals surface area contributed by atoms with Gasteiger partial charge >= 0.3 is 0 Å². The van der Waals surface area contributed by atoms with Crippen LogP contribution in [0.1, 0.15) is 25.7 Å². The third kappa shape index (κ3) is 2.25. The number of hydrogen-bond donors (Lipinski definition) is 3. The molecule has 0 aromatic heterocycles. The van der Waals surface area contributed by atoms with E-state index in [0.717, 1.165) is 45.3 Å². The van der Waals surface area contributed by atoms with Crippen LogP contribution in [-0.2, 0) is 4.79 Å². The van der Waals surface area contributed by atoms with Crippen molar-refractivity contribution >= 4 is 5.91 Å². The van der Waals surface area contributed by atoms with Crippen LogP contribution < -0.4 is 16.4 Å². The SMILES string of the molecule is NC1(C(=O)NCC2CCNCC2)CC1. The number of hydrogen-bond acceptors (Lipinski definition) is 3. The summed E-state index contributed by atoms with van der Waals surface area (Å²) in [4.78, 5) is 11.5. The molecule has 2 aliphatic rings. The van der Waals surface area contributed by atoms with Gasteiger partial charge in [0.2, 0.25) is 5.91 Å². The fraction of sp³-hybridized carbons (Fsp3) is 0.900. The molecule has 4 heteroatoms. The number of carbonyl (C=O) groups excluding carboxylic acids is 1. The molecule has 0 spiro atoms. The summed E-state index contributed by atoms with van der Waals surface area (Å²) in [7, 11) is 0. The summed E-state index contributed by atoms with van der Waals surface area (Å²) < 4.78 is 0. The molecule has 0 radical (unpaired) electrons. The highest BCUT2D eigenvalue weighted by atomic mass is 16.2. The standard InChI is InChI=1S/C10H19N3O/c11-10(3-4-10)9(14)13-7-8-1-5-12-6-2-8/h8,12H,1-7,11H2,(H,13,14). The van der Waals surface area contributed by atoms with Crippen molar-refractivity contribution in [3.8, 4) is 0 Å². The lowest BCUT2D eigenvalue weighted by Crippen LogP contribution is -2.45. The highest BCUT2D eigenvalue weighted by Crippen LogP contribution is 2.32. The van der Waals surface area contributed by atoms with Gasteiger partial charge in [0.25, 0.3) is 0 Å². The summed E-state index contributed by atoms with van der Waals surface area (Å²) >= 11 is 0. The zero-order valence-corrected chi connectivity index (χ0v) is 8.51. The van der Waals surface area contributed by atoms with E-state index in [1.807, 2.05) is 0 Å². The zero-order valence-electron chi connectivity index (χ0n) is 8.51. The molecule has 1 aliphatic heterocycles. The van der Waals surface area contributed by atoms with Crippen LogP contribution in [0.3, 0.4) is 0 Å². The second-order valence-electron chi connectivity index (χ2n) is 4.56. The Morgan fingerprint density at radius 2 is 2.07 bits per heavy atom. The number of carbonyl (C=O) groups is 1. The van der Waals surface area contributed by atoms with Crippen molar-refractivity contribution in [1.29, 1.82) is 0 Å². The second kappa shape index (κ2) is 3.87. The van der Waals surface area contributed by atoms with Gasteiger partial charge in [-0.15, -0.1) is 0 Å². The quantitative estimate of drug-likeness (QED) is 0.576. The van der Waals surface area contributed by atoms with E-state index in [-0.39, 0.29) is 5.91 Å². The van der Waals surface area contributed by atoms with Crippen LogP contribution in [0, 0.1) is 5.92 Å². The predicted octanol–water partition coefficient (Wildman–Crippen LogP) is -0.407. The number of piperidine rings is 1. The largest absolute Gasteiger partial charge is 0.354 e. The number of amides is 1. The molecule has 1 amide bonds. The number of nitrogens with one attached hydrogen (secondary N) is 2. The molecule has 0 aromatic rings. The maximum atomic E-state index is 11.5. The Hall–Kier alpha value is -0.610. The minimum atomic E-state index is -0.507. The van der Waals surface area contributed by atoms with Crippen LogP contribution in [0.2, 0.25) is 0 Å². The minimum Gasteiger partial charge on any atom is -0.354 e. The Balaban J connectivity index is 1.68. The average molecular weight is 197 g/mol. The lowest BCUT2D eigenvalue weighted by molar-refractivity contribution is -0.123. The van der Waals surface area contributed by atoms with Gasteiger partial charge in [-0.3, -0.25) is 4.79 Å². The van der Waals surface area contributed by atoms with Gasteiger partial charge in [0.1, 0.15) is 0 Å². The maximum absolute atomic E-state index is 11.5. The van der Waals surface area contributed by atoms with E-state index in [1.54, 1.807) is 0 Å². The van der Waals surface area contributed by atoms with E-state index in [2.05, 4.69) is 10.6 Å². The molecule has 1 aliphatic carbocycles. The first-order valence-corrected chi connectivity index (χ1v) is 5.49. The van der Waals surface area contributed by atoms with Gasteiger partial charge in [-0.2, -0.15) is 0 Å². The van der Waals surface area contributed by atoms with Crippen molar-refractivity contribution in [1.82, 2.24) is 10.6 Å². The first kappa shape index (κ1) is 9.93. The van der Waals surface area contributed by atoms with E-state index in [0.29, 0.717) is 5.92 Å². The number of nitrogens with two attached hydrogens (primary N) is 1. The molecule has 80 valence electrons. The molecule has 0 unspecified atom stereocenters. The highest BCUT2D eigenvalue weighted by Gasteiger charge is 2.45. The monoisotopic (exact) mass is 197 g/mol. The molecule has 1 saturated carbocycles. The van der Waals surface area contributed by atoms with Gasteiger partial charge in [-0.1, -0.05) is 0 Å². The van der Waals surface area contributed by atoms with E-state index in [9.17, 15) is 4.79 Å². The number of rotatable bonds is 3. The first-order valence-electron chi connectivity index (χ1n) is 5.49. The molecule has 0 bridgehead atoms. The Morgan fingerprint density at radius 3 is 2.64 bits per heavy atom. The molecular weight excluding hydrogens is 178 g/mol. The van der Waals surface area contributed by atoms with Crippen molar-refractivity contribution in [3.63, 3.8) is 0 Å². The molecule has 0 atom stereocenters. The Bertz CT molecular complexity index is 219. The molecular formula is C10H19N3O. The lowest BCUT2D eigenvalue weighted by atomic mass is 9.98. The molecule has 1 heterocycles. The fourth-order valence-electron chi connectivity index (χ4n) is 1.86. The summed E-state index contributed by atoms with van der Waals surface area (Å²) in [6.45, 7) is 2.96. The Morgan fingerprint density at radius 1 is 1.43 bits per heavy atom. The third-order valence-electron chi connectivity index (χ3n) is 3.25. The normalized spacial score (nSPS) is 25.8. The average Bonchev–Trinajstić information content (AvgIpc) is 2.96. The highest BCUT2D eigenvalue weighted by molar-refractivity contribution is 5.88. The van der Waals surface area contributed by atoms with Crippen molar-refractivity contribution < 1.29 is 4.79 Å². The third-order valence-corrected chi connectivity index (χ3v) is 3.25. The summed E-state index contributed by atoms with van der Waals surface area (Å²) in [6, 6.07) is 0. The summed E-state index contributed by atoms with van der Waals surface area (Å²) in [6.07, 6.45) is 4.03. The van der Waals surface area contributed by atoms with Gasteiger partial charge in [0, 0.05) is 6.54 Å². The van der Waals surface area contributed by atoms with Crippen LogP contribution in [0.5, 0.6) is 0 Å². The maximum Gasteiger partial charge on any atom is 0.240 e. The van der Waals surface area contributed by atoms with Crippen molar-refractivity contribution in [3.05, 3.63) is 0 Å². The van der Waals surface area contributed by atoms with Crippen LogP contribution in [0.25, 0.3) is 0 Å². The molecule has 1 saturated heterocycles. The minimum absolute atomic E-state index is 0.0519. The topological polar surface area (TPSA) is 67.2 Å². The smallest absolute Gasteiger partial charge is 0.240 e. The fourth-order valence-corrected chi connectivity index (χ4v) is 1.86. The van der Waals surface area contributed by atoms with Crippen LogP contribution in [0.4, 0.5) is 0 Å². The van der Waals surface area contributed by atoms with Crippen molar-refractivity contribution in [2.45, 2.75) is 31.2 Å². The second-order valence-corrected chi connectivity index (χ2v) is 4.56. The molecule has 2 rings (SSSR count). The lowest BCUT2D eigenvalue weighted by Gasteiger charge is -2.23. The van der Waals surface area contributed by atoms with Gasteiger partial charge < -0.3 is 16.4 Å². The van der Waals surface area contributed by atoms with Gasteiger partial charge in [0.05, 0.1) is 5.54 Å². The molecule has 14 heavy (non-hydrogen) atoms. The van der Waals surface area contributed by atoms with E-state index >= 15 is 0 Å². The van der Waals surface area contributed by atoms with Gasteiger partial charge in [-0.25, -0.2) is 0 Å². The predicted molar refractivity (Wildman–Crippen MR) is 54.8 cm³/mol. The molecule has 4 nitrogen and oxygen atoms in total. The molecule has 0 aromatic carbocycles. The van der Waals surface area contributed by atoms with E-state index in [4.69, 9.17) is 5.73 Å². The first-order chi connectivity index (χ1) is 6.71. The molecule has 4 N–H and O–H groups in total. The van der Waals surface area contributed by atoms with Crippen LogP contribution in [0.15, 0.2) is 0 Å².